The Bertz CT molecular complexity index is 691. The molecule has 4 unspecified atom stereocenters. The summed E-state index contributed by atoms with van der Waals surface area (Å²) in [5, 5.41) is 19.2. The van der Waals surface area contributed by atoms with Gasteiger partial charge >= 0.3 is 0 Å². The Balaban J connectivity index is 1.79. The molecule has 0 saturated carbocycles. The predicted octanol–water partition coefficient (Wildman–Crippen LogP) is -1.32. The van der Waals surface area contributed by atoms with Crippen molar-refractivity contribution in [1.82, 2.24) is 19.5 Å². The van der Waals surface area contributed by atoms with E-state index in [2.05, 4.69) is 15.0 Å². The summed E-state index contributed by atoms with van der Waals surface area (Å²) < 4.78 is 13.4. The molecule has 21 heavy (non-hydrogen) atoms. The summed E-state index contributed by atoms with van der Waals surface area (Å²) >= 11 is 0. The highest BCUT2D eigenvalue weighted by Crippen LogP contribution is 2.49. The third-order valence-corrected chi connectivity index (χ3v) is 4.35. The fourth-order valence-corrected chi connectivity index (χ4v) is 3.21. The van der Waals surface area contributed by atoms with E-state index < -0.39 is 11.8 Å². The SMILES string of the molecule is Nc1ncnc2c1ncn2C1OC2(CO)COC1C2CO. The van der Waals surface area contributed by atoms with Gasteiger partial charge in [0.05, 0.1) is 26.1 Å². The fraction of sp³-hybridized carbons (Fsp3) is 0.583. The highest BCUT2D eigenvalue weighted by Gasteiger charge is 2.61. The molecular weight excluding hydrogens is 278 g/mol. The maximum absolute atomic E-state index is 9.63. The number of imidazole rings is 1. The van der Waals surface area contributed by atoms with Gasteiger partial charge in [-0.25, -0.2) is 15.0 Å². The van der Waals surface area contributed by atoms with Crippen molar-refractivity contribution < 1.29 is 19.7 Å². The van der Waals surface area contributed by atoms with Gasteiger partial charge in [-0.05, 0) is 0 Å². The molecule has 0 spiro atoms. The normalized spacial score (nSPS) is 34.9. The second-order valence-electron chi connectivity index (χ2n) is 5.38. The molecular formula is C12H15N5O4. The Morgan fingerprint density at radius 2 is 2.24 bits per heavy atom. The number of aromatic nitrogens is 4. The number of nitrogens with zero attached hydrogens (tertiary/aromatic N) is 4. The lowest BCUT2D eigenvalue weighted by Crippen LogP contribution is -2.42. The van der Waals surface area contributed by atoms with Gasteiger partial charge in [0.25, 0.3) is 0 Å². The van der Waals surface area contributed by atoms with Gasteiger partial charge in [-0.1, -0.05) is 0 Å². The Hall–Kier alpha value is -1.81. The molecule has 2 saturated heterocycles. The minimum Gasteiger partial charge on any atom is -0.396 e. The van der Waals surface area contributed by atoms with Crippen LogP contribution in [-0.2, 0) is 9.47 Å². The summed E-state index contributed by atoms with van der Waals surface area (Å²) in [5.74, 6) is 0.00235. The summed E-state index contributed by atoms with van der Waals surface area (Å²) in [7, 11) is 0. The van der Waals surface area contributed by atoms with E-state index in [0.29, 0.717) is 17.0 Å². The van der Waals surface area contributed by atoms with Crippen molar-refractivity contribution in [2.75, 3.05) is 25.6 Å². The van der Waals surface area contributed by atoms with Crippen molar-refractivity contribution in [2.45, 2.75) is 17.9 Å². The van der Waals surface area contributed by atoms with Crippen molar-refractivity contribution in [3.8, 4) is 0 Å². The van der Waals surface area contributed by atoms with Crippen molar-refractivity contribution in [1.29, 1.82) is 0 Å². The van der Waals surface area contributed by atoms with E-state index in [1.54, 1.807) is 10.9 Å². The minimum atomic E-state index is -0.876. The average molecular weight is 293 g/mol. The number of aliphatic hydroxyl groups excluding tert-OH is 2. The van der Waals surface area contributed by atoms with Crippen LogP contribution < -0.4 is 5.73 Å². The van der Waals surface area contributed by atoms with Crippen LogP contribution >= 0.6 is 0 Å². The summed E-state index contributed by atoms with van der Waals surface area (Å²) in [6.45, 7) is -0.0693. The minimum absolute atomic E-state index is 0.120. The molecule has 112 valence electrons. The zero-order chi connectivity index (χ0) is 14.6. The Labute approximate surface area is 119 Å². The zero-order valence-corrected chi connectivity index (χ0v) is 11.1. The van der Waals surface area contributed by atoms with Crippen LogP contribution in [0.5, 0.6) is 0 Å². The van der Waals surface area contributed by atoms with E-state index in [1.165, 1.54) is 6.33 Å². The van der Waals surface area contributed by atoms with E-state index in [0.717, 1.165) is 0 Å². The predicted molar refractivity (Wildman–Crippen MR) is 70.0 cm³/mol. The highest BCUT2D eigenvalue weighted by atomic mass is 16.6. The maximum Gasteiger partial charge on any atom is 0.167 e. The van der Waals surface area contributed by atoms with Crippen LogP contribution in [0.2, 0.25) is 0 Å². The number of hydrogen-bond acceptors (Lipinski definition) is 8. The van der Waals surface area contributed by atoms with Crippen LogP contribution in [0.1, 0.15) is 6.23 Å². The van der Waals surface area contributed by atoms with Crippen LogP contribution in [0.4, 0.5) is 5.82 Å². The molecule has 4 N–H and O–H groups in total. The number of nitrogens with two attached hydrogens (primary N) is 1. The molecule has 0 radical (unpaired) electrons. The van der Waals surface area contributed by atoms with Crippen LogP contribution in [0.25, 0.3) is 11.2 Å². The quantitative estimate of drug-likeness (QED) is 0.635. The van der Waals surface area contributed by atoms with Crippen LogP contribution in [0, 0.1) is 5.92 Å². The fourth-order valence-electron chi connectivity index (χ4n) is 3.21. The molecule has 0 amide bonds. The first-order chi connectivity index (χ1) is 10.2. The molecule has 2 aromatic rings. The molecule has 2 bridgehead atoms. The molecule has 9 nitrogen and oxygen atoms in total. The third-order valence-electron chi connectivity index (χ3n) is 4.35. The highest BCUT2D eigenvalue weighted by molar-refractivity contribution is 5.81. The molecule has 2 fully saturated rings. The second-order valence-corrected chi connectivity index (χ2v) is 5.38. The van der Waals surface area contributed by atoms with Crippen molar-refractivity contribution >= 4 is 17.0 Å². The lowest BCUT2D eigenvalue weighted by atomic mass is 9.90. The van der Waals surface area contributed by atoms with Gasteiger partial charge in [-0.15, -0.1) is 0 Å². The van der Waals surface area contributed by atoms with E-state index in [9.17, 15) is 10.2 Å². The number of ether oxygens (including phenoxy) is 2. The number of anilines is 1. The van der Waals surface area contributed by atoms with Gasteiger partial charge in [-0.2, -0.15) is 0 Å². The van der Waals surface area contributed by atoms with Gasteiger partial charge in [-0.3, -0.25) is 4.57 Å². The largest absolute Gasteiger partial charge is 0.396 e. The molecule has 0 aliphatic carbocycles. The molecule has 2 aliphatic heterocycles. The smallest absolute Gasteiger partial charge is 0.167 e. The lowest BCUT2D eigenvalue weighted by molar-refractivity contribution is -0.184. The van der Waals surface area contributed by atoms with Crippen molar-refractivity contribution in [3.05, 3.63) is 12.7 Å². The monoisotopic (exact) mass is 293 g/mol. The molecule has 0 aromatic carbocycles. The summed E-state index contributed by atoms with van der Waals surface area (Å²) in [6, 6.07) is 0. The van der Waals surface area contributed by atoms with Crippen LogP contribution in [0.15, 0.2) is 12.7 Å². The number of hydrogen-bond donors (Lipinski definition) is 3. The molecule has 4 atom stereocenters. The van der Waals surface area contributed by atoms with Gasteiger partial charge in [0, 0.05) is 5.92 Å². The Kier molecular flexibility index (Phi) is 2.67. The maximum atomic E-state index is 9.63. The first kappa shape index (κ1) is 12.9. The third kappa shape index (κ3) is 1.57. The van der Waals surface area contributed by atoms with Crippen molar-refractivity contribution in [2.24, 2.45) is 5.92 Å². The topological polar surface area (TPSA) is 129 Å². The van der Waals surface area contributed by atoms with Gasteiger partial charge in [0.15, 0.2) is 17.7 Å². The molecule has 4 rings (SSSR count). The lowest BCUT2D eigenvalue weighted by Gasteiger charge is -2.30. The number of aliphatic hydroxyl groups is 2. The summed E-state index contributed by atoms with van der Waals surface area (Å²) in [6.07, 6.45) is 2.04. The van der Waals surface area contributed by atoms with Crippen LogP contribution in [0.3, 0.4) is 0 Å². The second kappa shape index (κ2) is 4.34. The van der Waals surface area contributed by atoms with Crippen LogP contribution in [-0.4, -0.2) is 61.3 Å². The number of nitrogen functional groups attached to an aromatic ring is 1. The molecule has 9 heteroatoms. The number of fused-ring (bicyclic) bond motifs is 3. The first-order valence-corrected chi connectivity index (χ1v) is 6.64. The van der Waals surface area contributed by atoms with Crippen molar-refractivity contribution in [3.63, 3.8) is 0 Å². The van der Waals surface area contributed by atoms with Gasteiger partial charge < -0.3 is 25.4 Å². The molecule has 2 aliphatic rings. The van der Waals surface area contributed by atoms with Gasteiger partial charge in [0.2, 0.25) is 0 Å². The summed E-state index contributed by atoms with van der Waals surface area (Å²) in [5.41, 5.74) is 5.92. The standard InChI is InChI=1S/C12H15N5O4/c13-9-7-10(15-4-14-9)17(5-16-7)11-8-6(1-18)12(2-19,21-11)3-20-8/h4-6,8,11,18-19H,1-3H2,(H2,13,14,15). The van der Waals surface area contributed by atoms with Gasteiger partial charge in [0.1, 0.15) is 23.5 Å². The van der Waals surface area contributed by atoms with E-state index in [1.807, 2.05) is 0 Å². The Morgan fingerprint density at radius 1 is 1.38 bits per heavy atom. The van der Waals surface area contributed by atoms with E-state index >= 15 is 0 Å². The summed E-state index contributed by atoms with van der Waals surface area (Å²) in [4.78, 5) is 12.3. The zero-order valence-electron chi connectivity index (χ0n) is 11.1. The molecule has 4 heterocycles. The number of rotatable bonds is 3. The first-order valence-electron chi connectivity index (χ1n) is 6.64. The van der Waals surface area contributed by atoms with E-state index in [4.69, 9.17) is 15.2 Å². The van der Waals surface area contributed by atoms with E-state index in [-0.39, 0.29) is 31.8 Å². The Morgan fingerprint density at radius 3 is 2.95 bits per heavy atom. The molecule has 2 aromatic heterocycles. The average Bonchev–Trinajstić information content (AvgIpc) is 3.16.